The van der Waals surface area contributed by atoms with Gasteiger partial charge >= 0.3 is 0 Å². The second-order valence-corrected chi connectivity index (χ2v) is 4.27. The normalized spacial score (nSPS) is 11.0. The van der Waals surface area contributed by atoms with Gasteiger partial charge in [0.2, 0.25) is 0 Å². The number of hydrogen-bond donors (Lipinski definition) is 1. The molecule has 0 saturated heterocycles. The zero-order valence-electron chi connectivity index (χ0n) is 10.2. The molecular formula is C12H18ClN3O. The molecule has 1 heterocycles. The highest BCUT2D eigenvalue weighted by atomic mass is 35.5. The van der Waals surface area contributed by atoms with Crippen molar-refractivity contribution >= 4 is 23.8 Å². The highest BCUT2D eigenvalue weighted by Gasteiger charge is 1.98. The Labute approximate surface area is 106 Å². The fourth-order valence-corrected chi connectivity index (χ4v) is 1.71. The first kappa shape index (κ1) is 13.8. The molecule has 17 heavy (non-hydrogen) atoms. The summed E-state index contributed by atoms with van der Waals surface area (Å²) in [4.78, 5) is 20.2. The minimum Gasteiger partial charge on any atom is -0.363 e. The summed E-state index contributed by atoms with van der Waals surface area (Å²) < 4.78 is 0. The van der Waals surface area contributed by atoms with Crippen LogP contribution in [0.25, 0.3) is 0 Å². The minimum atomic E-state index is -0.234. The minimum absolute atomic E-state index is 0.234. The van der Waals surface area contributed by atoms with Gasteiger partial charge in [-0.15, -0.1) is 0 Å². The predicted octanol–water partition coefficient (Wildman–Crippen LogP) is 2.81. The second kappa shape index (κ2) is 7.12. The lowest BCUT2D eigenvalue weighted by molar-refractivity contribution is 0.428. The third-order valence-electron chi connectivity index (χ3n) is 2.18. The summed E-state index contributed by atoms with van der Waals surface area (Å²) in [7, 11) is 0. The first-order valence-corrected chi connectivity index (χ1v) is 6.21. The van der Waals surface area contributed by atoms with Crippen molar-refractivity contribution in [1.82, 2.24) is 9.88 Å². The fourth-order valence-electron chi connectivity index (χ4n) is 1.51. The largest absolute Gasteiger partial charge is 0.363 e. The molecule has 0 aliphatic heterocycles. The van der Waals surface area contributed by atoms with Crippen LogP contribution in [0, 0.1) is 0 Å². The molecule has 1 rings (SSSR count). The van der Waals surface area contributed by atoms with Crippen LogP contribution >= 0.6 is 11.6 Å². The molecule has 0 atom stereocenters. The van der Waals surface area contributed by atoms with Crippen molar-refractivity contribution in [3.8, 4) is 0 Å². The van der Waals surface area contributed by atoms with Crippen molar-refractivity contribution in [2.24, 2.45) is 4.99 Å². The smallest absolute Gasteiger partial charge is 0.251 e. The van der Waals surface area contributed by atoms with Crippen molar-refractivity contribution in [2.75, 3.05) is 13.1 Å². The van der Waals surface area contributed by atoms with Crippen LogP contribution in [0.3, 0.4) is 0 Å². The Morgan fingerprint density at radius 3 is 2.53 bits per heavy atom. The van der Waals surface area contributed by atoms with Crippen LogP contribution in [-0.4, -0.2) is 29.3 Å². The van der Waals surface area contributed by atoms with Gasteiger partial charge in [0, 0.05) is 24.2 Å². The molecule has 1 aromatic heterocycles. The molecule has 0 spiro atoms. The average molecular weight is 256 g/mol. The second-order valence-electron chi connectivity index (χ2n) is 3.83. The summed E-state index contributed by atoms with van der Waals surface area (Å²) in [6, 6.07) is 2.96. The molecule has 1 aromatic rings. The van der Waals surface area contributed by atoms with Crippen molar-refractivity contribution < 1.29 is 0 Å². The number of aromatic nitrogens is 1. The number of hydrogen-bond acceptors (Lipinski definition) is 2. The predicted molar refractivity (Wildman–Crippen MR) is 72.4 cm³/mol. The SMILES string of the molecule is CCCN(/C=N/c1cc(Cl)cc(=O)[nH]1)CCC. The van der Waals surface area contributed by atoms with E-state index in [2.05, 4.69) is 28.7 Å². The number of aliphatic imine (C=N–C) groups is 1. The first-order valence-electron chi connectivity index (χ1n) is 5.83. The highest BCUT2D eigenvalue weighted by molar-refractivity contribution is 6.30. The molecule has 5 heteroatoms. The average Bonchev–Trinajstić information content (AvgIpc) is 2.25. The van der Waals surface area contributed by atoms with Crippen LogP contribution in [0.5, 0.6) is 0 Å². The van der Waals surface area contributed by atoms with Gasteiger partial charge in [-0.1, -0.05) is 25.4 Å². The number of nitrogens with zero attached hydrogens (tertiary/aromatic N) is 2. The maximum absolute atomic E-state index is 11.2. The number of aromatic amines is 1. The Morgan fingerprint density at radius 2 is 2.00 bits per heavy atom. The van der Waals surface area contributed by atoms with Crippen molar-refractivity contribution in [3.63, 3.8) is 0 Å². The van der Waals surface area contributed by atoms with Crippen LogP contribution in [0.15, 0.2) is 21.9 Å². The maximum Gasteiger partial charge on any atom is 0.251 e. The van der Waals surface area contributed by atoms with Crippen LogP contribution < -0.4 is 5.56 Å². The molecule has 0 aliphatic rings. The molecular weight excluding hydrogens is 238 g/mol. The molecule has 4 nitrogen and oxygen atoms in total. The van der Waals surface area contributed by atoms with Crippen molar-refractivity contribution in [3.05, 3.63) is 27.5 Å². The summed E-state index contributed by atoms with van der Waals surface area (Å²) in [5, 5.41) is 0.401. The highest BCUT2D eigenvalue weighted by Crippen LogP contribution is 2.11. The third kappa shape index (κ3) is 5.04. The van der Waals surface area contributed by atoms with E-state index in [1.54, 1.807) is 12.4 Å². The van der Waals surface area contributed by atoms with E-state index in [0.29, 0.717) is 10.8 Å². The van der Waals surface area contributed by atoms with Gasteiger partial charge in [-0.2, -0.15) is 0 Å². The number of pyridine rings is 1. The molecule has 94 valence electrons. The number of rotatable bonds is 6. The third-order valence-corrected chi connectivity index (χ3v) is 2.39. The summed E-state index contributed by atoms with van der Waals surface area (Å²) in [5.41, 5.74) is -0.234. The van der Waals surface area contributed by atoms with E-state index in [9.17, 15) is 4.79 Å². The van der Waals surface area contributed by atoms with E-state index in [-0.39, 0.29) is 5.56 Å². The number of H-pyrrole nitrogens is 1. The van der Waals surface area contributed by atoms with E-state index in [1.165, 1.54) is 6.07 Å². The topological polar surface area (TPSA) is 48.5 Å². The summed E-state index contributed by atoms with van der Waals surface area (Å²) in [5.74, 6) is 0.486. The Morgan fingerprint density at radius 1 is 1.35 bits per heavy atom. The van der Waals surface area contributed by atoms with Crippen LogP contribution in [0.4, 0.5) is 5.82 Å². The lowest BCUT2D eigenvalue weighted by Gasteiger charge is -2.17. The molecule has 0 radical (unpaired) electrons. The number of halogens is 1. The monoisotopic (exact) mass is 255 g/mol. The first-order chi connectivity index (χ1) is 8.15. The Kier molecular flexibility index (Phi) is 5.77. The van der Waals surface area contributed by atoms with E-state index in [0.717, 1.165) is 25.9 Å². The molecule has 0 unspecified atom stereocenters. The Hall–Kier alpha value is -1.29. The number of nitrogens with one attached hydrogen (secondary N) is 1. The van der Waals surface area contributed by atoms with Gasteiger partial charge in [0.1, 0.15) is 5.82 Å². The molecule has 0 saturated carbocycles. The zero-order valence-corrected chi connectivity index (χ0v) is 11.0. The van der Waals surface area contributed by atoms with Gasteiger partial charge < -0.3 is 9.88 Å². The summed E-state index contributed by atoms with van der Waals surface area (Å²) >= 11 is 5.78. The van der Waals surface area contributed by atoms with Crippen molar-refractivity contribution in [2.45, 2.75) is 26.7 Å². The van der Waals surface area contributed by atoms with E-state index in [1.807, 2.05) is 0 Å². The molecule has 0 fully saturated rings. The summed E-state index contributed by atoms with van der Waals surface area (Å²) in [6.07, 6.45) is 3.89. The van der Waals surface area contributed by atoms with Crippen LogP contribution in [0.1, 0.15) is 26.7 Å². The van der Waals surface area contributed by atoms with E-state index >= 15 is 0 Å². The standard InChI is InChI=1S/C12H18ClN3O/c1-3-5-16(6-4-2)9-14-11-7-10(13)8-12(17)15-11/h7-9H,3-6H2,1-2H3,(H,15,17)/b14-9+. The van der Waals surface area contributed by atoms with Gasteiger partial charge in [0.05, 0.1) is 6.34 Å². The van der Waals surface area contributed by atoms with Gasteiger partial charge in [0.15, 0.2) is 0 Å². The molecule has 0 amide bonds. The van der Waals surface area contributed by atoms with Crippen LogP contribution in [-0.2, 0) is 0 Å². The van der Waals surface area contributed by atoms with Gasteiger partial charge in [-0.05, 0) is 18.9 Å². The zero-order chi connectivity index (χ0) is 12.7. The maximum atomic E-state index is 11.2. The Bertz CT molecular complexity index is 422. The molecule has 0 bridgehead atoms. The lowest BCUT2D eigenvalue weighted by atomic mass is 10.4. The van der Waals surface area contributed by atoms with E-state index in [4.69, 9.17) is 11.6 Å². The van der Waals surface area contributed by atoms with E-state index < -0.39 is 0 Å². The lowest BCUT2D eigenvalue weighted by Crippen LogP contribution is -2.23. The van der Waals surface area contributed by atoms with Gasteiger partial charge in [-0.3, -0.25) is 4.79 Å². The van der Waals surface area contributed by atoms with Gasteiger partial charge in [-0.25, -0.2) is 4.99 Å². The molecule has 0 aliphatic carbocycles. The molecule has 1 N–H and O–H groups in total. The molecule has 0 aromatic carbocycles. The fraction of sp³-hybridized carbons (Fsp3) is 0.500. The quantitative estimate of drug-likeness (QED) is 0.628. The Balaban J connectivity index is 2.76. The van der Waals surface area contributed by atoms with Crippen molar-refractivity contribution in [1.29, 1.82) is 0 Å². The van der Waals surface area contributed by atoms with Crippen LogP contribution in [0.2, 0.25) is 5.02 Å². The summed E-state index contributed by atoms with van der Waals surface area (Å²) in [6.45, 7) is 6.17. The van der Waals surface area contributed by atoms with Gasteiger partial charge in [0.25, 0.3) is 5.56 Å².